The monoisotopic (exact) mass is 437 g/mol. The molecule has 0 aliphatic heterocycles. The number of hydrogen-bond donors (Lipinski definition) is 1. The van der Waals surface area contributed by atoms with Crippen LogP contribution in [0.4, 0.5) is 0 Å². The van der Waals surface area contributed by atoms with Crippen LogP contribution < -0.4 is 5.32 Å². The Hall–Kier alpha value is -2.09. The standard InChI is InChI=1S/C17H16IN.C6H4/c1-3-17(14-9-5-4-6-10-14)19-13(2)15-11-7-8-12-16(15)18;1-2-5-4-6(5)3-1/h1,4-13,17,19H,2H3;1-4H. The highest BCUT2D eigenvalue weighted by molar-refractivity contribution is 14.1. The topological polar surface area (TPSA) is 12.0 Å². The van der Waals surface area contributed by atoms with Gasteiger partial charge in [-0.05, 0) is 63.9 Å². The minimum Gasteiger partial charge on any atom is -0.293 e. The maximum absolute atomic E-state index is 5.65. The van der Waals surface area contributed by atoms with E-state index in [0.717, 1.165) is 5.56 Å². The summed E-state index contributed by atoms with van der Waals surface area (Å²) in [6.45, 7) is 2.14. The SMILES string of the molecule is C#CC(NC(C)c1ccccc1I)c1ccccc1.c1cc2cc-2c1. The first kappa shape index (κ1) is 17.7. The third kappa shape index (κ3) is 4.72. The van der Waals surface area contributed by atoms with Gasteiger partial charge in [-0.3, -0.25) is 5.32 Å². The molecule has 0 radical (unpaired) electrons. The Kier molecular flexibility index (Phi) is 5.91. The second kappa shape index (κ2) is 8.33. The summed E-state index contributed by atoms with van der Waals surface area (Å²) in [6, 6.07) is 27.1. The molecular formula is C23H20IN. The van der Waals surface area contributed by atoms with E-state index in [1.54, 1.807) is 0 Å². The summed E-state index contributed by atoms with van der Waals surface area (Å²) in [5.41, 5.74) is 5.26. The lowest BCUT2D eigenvalue weighted by atomic mass is 10.0. The lowest BCUT2D eigenvalue weighted by molar-refractivity contribution is 0.535. The fraction of sp³-hybridized carbons (Fsp3) is 0.130. The second-order valence-electron chi connectivity index (χ2n) is 6.00. The van der Waals surface area contributed by atoms with Crippen molar-refractivity contribution >= 4 is 22.6 Å². The lowest BCUT2D eigenvalue weighted by Crippen LogP contribution is -2.24. The smallest absolute Gasteiger partial charge is 0.0947 e. The summed E-state index contributed by atoms with van der Waals surface area (Å²) in [7, 11) is 0. The van der Waals surface area contributed by atoms with Crippen molar-refractivity contribution in [3.63, 3.8) is 0 Å². The zero-order valence-corrected chi connectivity index (χ0v) is 16.3. The van der Waals surface area contributed by atoms with Gasteiger partial charge in [0.2, 0.25) is 0 Å². The first-order chi connectivity index (χ1) is 12.2. The van der Waals surface area contributed by atoms with E-state index in [-0.39, 0.29) is 12.1 Å². The Morgan fingerprint density at radius 1 is 0.880 bits per heavy atom. The Balaban J connectivity index is 0.000000250. The van der Waals surface area contributed by atoms with Crippen LogP contribution in [-0.4, -0.2) is 0 Å². The molecule has 0 fully saturated rings. The van der Waals surface area contributed by atoms with Crippen LogP contribution in [0.5, 0.6) is 0 Å². The molecule has 25 heavy (non-hydrogen) atoms. The summed E-state index contributed by atoms with van der Waals surface area (Å²) in [4.78, 5) is 0. The molecule has 2 aromatic carbocycles. The van der Waals surface area contributed by atoms with Gasteiger partial charge in [-0.2, -0.15) is 0 Å². The molecule has 0 spiro atoms. The van der Waals surface area contributed by atoms with Crippen LogP contribution in [0.15, 0.2) is 78.9 Å². The Morgan fingerprint density at radius 2 is 1.52 bits per heavy atom. The van der Waals surface area contributed by atoms with E-state index in [1.807, 2.05) is 24.3 Å². The molecule has 0 saturated heterocycles. The molecule has 0 heterocycles. The van der Waals surface area contributed by atoms with E-state index in [2.05, 4.69) is 95.3 Å². The van der Waals surface area contributed by atoms with Crippen LogP contribution in [-0.2, 0) is 0 Å². The molecule has 2 unspecified atom stereocenters. The summed E-state index contributed by atoms with van der Waals surface area (Å²) in [5, 5.41) is 3.50. The van der Waals surface area contributed by atoms with Crippen molar-refractivity contribution in [1.29, 1.82) is 0 Å². The molecule has 2 aliphatic carbocycles. The fourth-order valence-electron chi connectivity index (χ4n) is 2.73. The predicted octanol–water partition coefficient (Wildman–Crippen LogP) is 5.98. The molecule has 2 heteroatoms. The van der Waals surface area contributed by atoms with Gasteiger partial charge in [-0.25, -0.2) is 0 Å². The molecule has 124 valence electrons. The average molecular weight is 437 g/mol. The van der Waals surface area contributed by atoms with E-state index < -0.39 is 0 Å². The quantitative estimate of drug-likeness (QED) is 0.306. The second-order valence-corrected chi connectivity index (χ2v) is 7.16. The lowest BCUT2D eigenvalue weighted by Gasteiger charge is -2.21. The van der Waals surface area contributed by atoms with Crippen molar-refractivity contribution in [2.45, 2.75) is 19.0 Å². The minimum absolute atomic E-state index is 0.0628. The van der Waals surface area contributed by atoms with E-state index in [1.165, 1.54) is 20.3 Å². The van der Waals surface area contributed by atoms with Crippen molar-refractivity contribution in [2.75, 3.05) is 0 Å². The average Bonchev–Trinajstić information content (AvgIpc) is 3.26. The molecule has 1 nitrogen and oxygen atoms in total. The number of halogens is 1. The Morgan fingerprint density at radius 3 is 2.04 bits per heavy atom. The molecule has 2 aliphatic rings. The fourth-order valence-corrected chi connectivity index (χ4v) is 3.58. The van der Waals surface area contributed by atoms with Crippen LogP contribution in [0, 0.1) is 15.9 Å². The first-order valence-electron chi connectivity index (χ1n) is 8.31. The number of hydrogen-bond acceptors (Lipinski definition) is 1. The van der Waals surface area contributed by atoms with Gasteiger partial charge in [0.05, 0.1) is 6.04 Å². The molecule has 0 aromatic heterocycles. The molecule has 1 N–H and O–H groups in total. The van der Waals surface area contributed by atoms with E-state index in [0.29, 0.717) is 0 Å². The number of nitrogens with one attached hydrogen (secondary N) is 1. The number of rotatable bonds is 4. The maximum Gasteiger partial charge on any atom is 0.0947 e. The summed E-state index contributed by atoms with van der Waals surface area (Å²) >= 11 is 2.36. The third-order valence-electron chi connectivity index (χ3n) is 4.20. The van der Waals surface area contributed by atoms with Gasteiger partial charge in [0.1, 0.15) is 0 Å². The summed E-state index contributed by atoms with van der Waals surface area (Å²) in [6.07, 6.45) is 5.65. The van der Waals surface area contributed by atoms with Gasteiger partial charge < -0.3 is 0 Å². The zero-order chi connectivity index (χ0) is 17.6. The van der Waals surface area contributed by atoms with Crippen LogP contribution in [0.25, 0.3) is 11.1 Å². The van der Waals surface area contributed by atoms with Gasteiger partial charge in [0.15, 0.2) is 0 Å². The highest BCUT2D eigenvalue weighted by Crippen LogP contribution is 2.32. The molecular weight excluding hydrogens is 417 g/mol. The highest BCUT2D eigenvalue weighted by atomic mass is 127. The van der Waals surface area contributed by atoms with Crippen molar-refractivity contribution in [3.8, 4) is 23.5 Å². The van der Waals surface area contributed by atoms with Gasteiger partial charge in [-0.15, -0.1) is 6.42 Å². The van der Waals surface area contributed by atoms with E-state index in [9.17, 15) is 0 Å². The van der Waals surface area contributed by atoms with Crippen LogP contribution in [0.3, 0.4) is 0 Å². The number of terminal acetylenes is 1. The van der Waals surface area contributed by atoms with Crippen molar-refractivity contribution < 1.29 is 0 Å². The van der Waals surface area contributed by atoms with Gasteiger partial charge in [-0.1, -0.05) is 72.7 Å². The van der Waals surface area contributed by atoms with Crippen LogP contribution >= 0.6 is 22.6 Å². The van der Waals surface area contributed by atoms with Crippen molar-refractivity contribution in [3.05, 3.63) is 93.6 Å². The highest BCUT2D eigenvalue weighted by Gasteiger charge is 2.14. The number of benzene rings is 3. The molecule has 0 saturated carbocycles. The molecule has 4 rings (SSSR count). The van der Waals surface area contributed by atoms with E-state index >= 15 is 0 Å². The largest absolute Gasteiger partial charge is 0.293 e. The van der Waals surface area contributed by atoms with Crippen molar-refractivity contribution in [2.24, 2.45) is 0 Å². The third-order valence-corrected chi connectivity index (χ3v) is 5.18. The van der Waals surface area contributed by atoms with Gasteiger partial charge >= 0.3 is 0 Å². The Bertz CT molecular complexity index is 863. The van der Waals surface area contributed by atoms with Gasteiger partial charge in [0.25, 0.3) is 0 Å². The maximum atomic E-state index is 5.65. The normalized spacial score (nSPS) is 13.0. The molecule has 0 bridgehead atoms. The van der Waals surface area contributed by atoms with E-state index in [4.69, 9.17) is 6.42 Å². The Labute approximate surface area is 163 Å². The zero-order valence-electron chi connectivity index (χ0n) is 14.1. The number of fused-ring (bicyclic) bond motifs is 1. The van der Waals surface area contributed by atoms with Crippen molar-refractivity contribution in [1.82, 2.24) is 5.32 Å². The summed E-state index contributed by atoms with van der Waals surface area (Å²) in [5.74, 6) is 2.82. The minimum atomic E-state index is -0.0628. The van der Waals surface area contributed by atoms with Crippen LogP contribution in [0.2, 0.25) is 0 Å². The molecule has 0 amide bonds. The molecule has 2 atom stereocenters. The van der Waals surface area contributed by atoms with Crippen LogP contribution in [0.1, 0.15) is 30.1 Å². The molecule has 2 aromatic rings. The predicted molar refractivity (Wildman–Crippen MR) is 114 cm³/mol. The summed E-state index contributed by atoms with van der Waals surface area (Å²) < 4.78 is 1.25. The first-order valence-corrected chi connectivity index (χ1v) is 9.39. The van der Waals surface area contributed by atoms with Gasteiger partial charge in [0, 0.05) is 9.61 Å².